The van der Waals surface area contributed by atoms with Crippen molar-refractivity contribution in [3.8, 4) is 0 Å². The van der Waals surface area contributed by atoms with E-state index in [4.69, 9.17) is 23.2 Å². The van der Waals surface area contributed by atoms with Crippen LogP contribution in [-0.4, -0.2) is 25.8 Å². The molecule has 2 rings (SSSR count). The zero-order chi connectivity index (χ0) is 15.5. The van der Waals surface area contributed by atoms with E-state index in [9.17, 15) is 8.42 Å². The summed E-state index contributed by atoms with van der Waals surface area (Å²) in [6, 6.07) is 4.83. The smallest absolute Gasteiger partial charge is 0.207 e. The van der Waals surface area contributed by atoms with Gasteiger partial charge in [0.05, 0.1) is 4.90 Å². The number of alkyl halides is 1. The molecule has 0 aromatic heterocycles. The van der Waals surface area contributed by atoms with Crippen LogP contribution in [0.15, 0.2) is 23.1 Å². The van der Waals surface area contributed by atoms with Gasteiger partial charge in [-0.25, -0.2) is 8.42 Å². The fourth-order valence-corrected chi connectivity index (χ4v) is 4.74. The highest BCUT2D eigenvalue weighted by atomic mass is 35.5. The van der Waals surface area contributed by atoms with Crippen molar-refractivity contribution < 1.29 is 8.42 Å². The number of nitrogens with zero attached hydrogens (tertiary/aromatic N) is 1. The Balaban J connectivity index is 2.27. The Bertz CT molecular complexity index is 581. The van der Waals surface area contributed by atoms with Gasteiger partial charge in [-0.2, -0.15) is 4.31 Å². The van der Waals surface area contributed by atoms with Crippen LogP contribution >= 0.6 is 23.2 Å². The van der Waals surface area contributed by atoms with Gasteiger partial charge in [0.25, 0.3) is 0 Å². The predicted molar refractivity (Wildman–Crippen MR) is 87.4 cm³/mol. The van der Waals surface area contributed by atoms with Crippen molar-refractivity contribution in [2.75, 3.05) is 7.05 Å². The molecule has 3 nitrogen and oxygen atoms in total. The van der Waals surface area contributed by atoms with Crippen molar-refractivity contribution in [2.24, 2.45) is 0 Å². The van der Waals surface area contributed by atoms with Crippen molar-refractivity contribution >= 4 is 33.2 Å². The second-order valence-corrected chi connectivity index (χ2v) is 8.23. The zero-order valence-corrected chi connectivity index (χ0v) is 14.5. The van der Waals surface area contributed by atoms with E-state index in [0.717, 1.165) is 25.7 Å². The molecule has 1 aromatic rings. The van der Waals surface area contributed by atoms with Crippen molar-refractivity contribution in [2.45, 2.75) is 55.3 Å². The third-order valence-corrected chi connectivity index (χ3v) is 6.74. The number of halogens is 2. The van der Waals surface area contributed by atoms with Crippen LogP contribution in [0.2, 0.25) is 5.02 Å². The number of benzene rings is 1. The Hall–Kier alpha value is -0.290. The summed E-state index contributed by atoms with van der Waals surface area (Å²) in [7, 11) is -1.81. The first-order chi connectivity index (χ1) is 9.96. The normalized spacial score (nSPS) is 17.9. The van der Waals surface area contributed by atoms with Crippen molar-refractivity contribution in [1.29, 1.82) is 0 Å². The summed E-state index contributed by atoms with van der Waals surface area (Å²) in [6.45, 7) is 0. The lowest BCUT2D eigenvalue weighted by atomic mass is 10.1. The highest BCUT2D eigenvalue weighted by Gasteiger charge is 2.28. The first-order valence-electron chi connectivity index (χ1n) is 7.29. The SMILES string of the molecule is CN(C1CCCCCC1)S(=O)(=O)c1ccc(Cl)c(CCl)c1. The first-order valence-corrected chi connectivity index (χ1v) is 9.64. The van der Waals surface area contributed by atoms with Gasteiger partial charge in [-0.05, 0) is 36.6 Å². The van der Waals surface area contributed by atoms with Crippen LogP contribution in [0, 0.1) is 0 Å². The highest BCUT2D eigenvalue weighted by Crippen LogP contribution is 2.28. The second-order valence-electron chi connectivity index (χ2n) is 5.55. The Kier molecular flexibility index (Phi) is 5.95. The molecule has 1 aliphatic rings. The van der Waals surface area contributed by atoms with Crippen LogP contribution in [-0.2, 0) is 15.9 Å². The average Bonchev–Trinajstić information content (AvgIpc) is 2.75. The number of rotatable bonds is 4. The van der Waals surface area contributed by atoms with Crippen molar-refractivity contribution in [3.63, 3.8) is 0 Å². The van der Waals surface area contributed by atoms with Crippen LogP contribution in [0.25, 0.3) is 0 Å². The lowest BCUT2D eigenvalue weighted by molar-refractivity contribution is 0.335. The van der Waals surface area contributed by atoms with Gasteiger partial charge in [0, 0.05) is 24.0 Å². The predicted octanol–water partition coefficient (Wildman–Crippen LogP) is 4.42. The molecule has 0 radical (unpaired) electrons. The molecule has 0 heterocycles. The molecule has 0 amide bonds. The number of hydrogen-bond donors (Lipinski definition) is 0. The molecule has 0 N–H and O–H groups in total. The summed E-state index contributed by atoms with van der Waals surface area (Å²) < 4.78 is 27.1. The molecule has 1 aromatic carbocycles. The first kappa shape index (κ1) is 17.1. The Morgan fingerprint density at radius 2 is 1.81 bits per heavy atom. The highest BCUT2D eigenvalue weighted by molar-refractivity contribution is 7.89. The molecule has 118 valence electrons. The van der Waals surface area contributed by atoms with E-state index in [0.29, 0.717) is 10.6 Å². The molecule has 0 unspecified atom stereocenters. The summed E-state index contributed by atoms with van der Waals surface area (Å²) in [6.07, 6.45) is 6.46. The summed E-state index contributed by atoms with van der Waals surface area (Å²) in [5, 5.41) is 0.501. The van der Waals surface area contributed by atoms with Crippen molar-refractivity contribution in [1.82, 2.24) is 4.31 Å². The van der Waals surface area contributed by atoms with Gasteiger partial charge < -0.3 is 0 Å². The van der Waals surface area contributed by atoms with E-state index in [-0.39, 0.29) is 16.8 Å². The lowest BCUT2D eigenvalue weighted by Crippen LogP contribution is -2.36. The third-order valence-electron chi connectivity index (χ3n) is 4.18. The van der Waals surface area contributed by atoms with Crippen LogP contribution < -0.4 is 0 Å². The Morgan fingerprint density at radius 1 is 1.19 bits per heavy atom. The minimum Gasteiger partial charge on any atom is -0.207 e. The molecule has 0 spiro atoms. The van der Waals surface area contributed by atoms with Gasteiger partial charge in [-0.1, -0.05) is 37.3 Å². The maximum Gasteiger partial charge on any atom is 0.243 e. The average molecular weight is 350 g/mol. The van der Waals surface area contributed by atoms with Gasteiger partial charge >= 0.3 is 0 Å². The number of hydrogen-bond acceptors (Lipinski definition) is 2. The summed E-state index contributed by atoms with van der Waals surface area (Å²) in [5.41, 5.74) is 0.647. The molecule has 0 bridgehead atoms. The largest absolute Gasteiger partial charge is 0.243 e. The minimum atomic E-state index is -3.49. The summed E-state index contributed by atoms with van der Waals surface area (Å²) in [5.74, 6) is 0.204. The molecule has 21 heavy (non-hydrogen) atoms. The van der Waals surface area contributed by atoms with Crippen LogP contribution in [0.3, 0.4) is 0 Å². The van der Waals surface area contributed by atoms with Gasteiger partial charge in [0.1, 0.15) is 0 Å². The molecule has 1 aliphatic carbocycles. The fraction of sp³-hybridized carbons (Fsp3) is 0.600. The summed E-state index contributed by atoms with van der Waals surface area (Å²) >= 11 is 11.8. The molecule has 0 atom stereocenters. The molecular formula is C15H21Cl2NO2S. The molecule has 0 saturated heterocycles. The minimum absolute atomic E-state index is 0.0904. The van der Waals surface area contributed by atoms with Gasteiger partial charge in [-0.15, -0.1) is 11.6 Å². The summed E-state index contributed by atoms with van der Waals surface area (Å²) in [4.78, 5) is 0.272. The van der Waals surface area contributed by atoms with Crippen LogP contribution in [0.1, 0.15) is 44.1 Å². The Morgan fingerprint density at radius 3 is 2.38 bits per heavy atom. The van der Waals surface area contributed by atoms with E-state index >= 15 is 0 Å². The zero-order valence-electron chi connectivity index (χ0n) is 12.2. The van der Waals surface area contributed by atoms with E-state index in [1.54, 1.807) is 25.2 Å². The standard InChI is InChI=1S/C15H21Cl2NO2S/c1-18(13-6-4-2-3-5-7-13)21(19,20)14-8-9-15(17)12(10-14)11-16/h8-10,13H,2-7,11H2,1H3. The van der Waals surface area contributed by atoms with E-state index in [1.165, 1.54) is 17.1 Å². The molecule has 0 aliphatic heterocycles. The maximum atomic E-state index is 12.8. The second kappa shape index (κ2) is 7.32. The molecular weight excluding hydrogens is 329 g/mol. The quantitative estimate of drug-likeness (QED) is 0.595. The van der Waals surface area contributed by atoms with E-state index < -0.39 is 10.0 Å². The Labute approximate surface area is 137 Å². The van der Waals surface area contributed by atoms with Crippen LogP contribution in [0.4, 0.5) is 0 Å². The van der Waals surface area contributed by atoms with Gasteiger partial charge in [0.15, 0.2) is 0 Å². The van der Waals surface area contributed by atoms with Crippen LogP contribution in [0.5, 0.6) is 0 Å². The fourth-order valence-electron chi connectivity index (χ4n) is 2.80. The molecule has 6 heteroatoms. The lowest BCUT2D eigenvalue weighted by Gasteiger charge is -2.26. The molecule has 1 saturated carbocycles. The van der Waals surface area contributed by atoms with Gasteiger partial charge in [-0.3, -0.25) is 0 Å². The third kappa shape index (κ3) is 3.92. The van der Waals surface area contributed by atoms with E-state index in [1.807, 2.05) is 0 Å². The monoisotopic (exact) mass is 349 g/mol. The van der Waals surface area contributed by atoms with E-state index in [2.05, 4.69) is 0 Å². The molecule has 1 fully saturated rings. The topological polar surface area (TPSA) is 37.4 Å². The van der Waals surface area contributed by atoms with Crippen molar-refractivity contribution in [3.05, 3.63) is 28.8 Å². The van der Waals surface area contributed by atoms with Gasteiger partial charge in [0.2, 0.25) is 10.0 Å². The maximum absolute atomic E-state index is 12.8. The number of sulfonamides is 1.